The van der Waals surface area contributed by atoms with E-state index in [0.717, 1.165) is 30.7 Å². The Morgan fingerprint density at radius 3 is 2.00 bits per heavy atom. The van der Waals surface area contributed by atoms with Gasteiger partial charge in [-0.05, 0) is 11.1 Å². The zero-order valence-electron chi connectivity index (χ0n) is 18.9. The van der Waals surface area contributed by atoms with Crippen molar-refractivity contribution in [3.05, 3.63) is 98.5 Å². The van der Waals surface area contributed by atoms with Crippen LogP contribution in [-0.2, 0) is 20.6 Å². The van der Waals surface area contributed by atoms with Crippen LogP contribution in [0.25, 0.3) is 11.2 Å². The van der Waals surface area contributed by atoms with E-state index in [1.165, 1.54) is 22.7 Å². The second kappa shape index (κ2) is 8.80. The molecule has 170 valence electrons. The highest BCUT2D eigenvalue weighted by atomic mass is 16.2. The van der Waals surface area contributed by atoms with Crippen molar-refractivity contribution in [3.8, 4) is 0 Å². The summed E-state index contributed by atoms with van der Waals surface area (Å²) in [7, 11) is 3.13. The van der Waals surface area contributed by atoms with Gasteiger partial charge in [-0.15, -0.1) is 0 Å². The minimum Gasteiger partial charge on any atom is -0.335 e. The van der Waals surface area contributed by atoms with Crippen LogP contribution in [0.4, 0.5) is 0 Å². The van der Waals surface area contributed by atoms with Gasteiger partial charge < -0.3 is 4.98 Å². The number of imidazole rings is 1. The number of aromatic amines is 1. The molecule has 8 nitrogen and oxygen atoms in total. The maximum Gasteiger partial charge on any atom is 0.332 e. The van der Waals surface area contributed by atoms with Gasteiger partial charge in [0.1, 0.15) is 11.3 Å². The maximum atomic E-state index is 12.5. The first kappa shape index (κ1) is 21.4. The van der Waals surface area contributed by atoms with Crippen LogP contribution in [0.5, 0.6) is 0 Å². The Bertz CT molecular complexity index is 1330. The molecule has 0 aliphatic carbocycles. The molecule has 0 amide bonds. The fourth-order valence-electron chi connectivity index (χ4n) is 4.72. The van der Waals surface area contributed by atoms with Gasteiger partial charge in [0.15, 0.2) is 5.65 Å². The summed E-state index contributed by atoms with van der Waals surface area (Å²) in [6.45, 7) is 4.25. The SMILES string of the molecule is Cn1c(=O)c2[nH]c(CN3CCN(C(c4ccccc4)c4ccccc4)CC3)nc2n(C)c1=O. The number of rotatable bonds is 5. The Labute approximate surface area is 191 Å². The third-order valence-corrected chi connectivity index (χ3v) is 6.52. The summed E-state index contributed by atoms with van der Waals surface area (Å²) in [5.74, 6) is 0.708. The molecule has 1 N–H and O–H groups in total. The molecule has 1 aliphatic heterocycles. The minimum atomic E-state index is -0.368. The third kappa shape index (κ3) is 4.03. The van der Waals surface area contributed by atoms with Crippen LogP contribution in [0.3, 0.4) is 0 Å². The Balaban J connectivity index is 1.34. The number of aromatic nitrogens is 4. The highest BCUT2D eigenvalue weighted by Gasteiger charge is 2.27. The van der Waals surface area contributed by atoms with E-state index in [1.54, 1.807) is 7.05 Å². The number of aryl methyl sites for hydroxylation is 1. The van der Waals surface area contributed by atoms with E-state index in [-0.39, 0.29) is 17.3 Å². The average Bonchev–Trinajstić information content (AvgIpc) is 3.28. The number of fused-ring (bicyclic) bond motifs is 1. The fraction of sp³-hybridized carbons (Fsp3) is 0.320. The van der Waals surface area contributed by atoms with E-state index >= 15 is 0 Å². The Morgan fingerprint density at radius 2 is 1.42 bits per heavy atom. The number of benzene rings is 2. The zero-order valence-corrected chi connectivity index (χ0v) is 18.9. The number of piperazine rings is 1. The first-order chi connectivity index (χ1) is 16.0. The molecule has 0 saturated carbocycles. The Hall–Kier alpha value is -3.49. The highest BCUT2D eigenvalue weighted by Crippen LogP contribution is 2.29. The molecule has 8 heteroatoms. The van der Waals surface area contributed by atoms with Gasteiger partial charge in [0.2, 0.25) is 0 Å². The predicted octanol–water partition coefficient (Wildman–Crippen LogP) is 1.87. The van der Waals surface area contributed by atoms with E-state index in [9.17, 15) is 9.59 Å². The monoisotopic (exact) mass is 444 g/mol. The van der Waals surface area contributed by atoms with Crippen molar-refractivity contribution in [2.45, 2.75) is 12.6 Å². The van der Waals surface area contributed by atoms with Crippen molar-refractivity contribution in [3.63, 3.8) is 0 Å². The summed E-state index contributed by atoms with van der Waals surface area (Å²) in [5, 5.41) is 0. The summed E-state index contributed by atoms with van der Waals surface area (Å²) < 4.78 is 2.52. The normalized spacial score (nSPS) is 15.5. The number of H-pyrrole nitrogens is 1. The molecular formula is C25H28N6O2. The van der Waals surface area contributed by atoms with E-state index in [4.69, 9.17) is 0 Å². The lowest BCUT2D eigenvalue weighted by Gasteiger charge is -2.39. The van der Waals surface area contributed by atoms with Crippen LogP contribution in [0.1, 0.15) is 23.0 Å². The van der Waals surface area contributed by atoms with Gasteiger partial charge in [-0.1, -0.05) is 60.7 Å². The van der Waals surface area contributed by atoms with Gasteiger partial charge in [-0.25, -0.2) is 9.78 Å². The molecule has 4 aromatic rings. The lowest BCUT2D eigenvalue weighted by atomic mass is 9.96. The lowest BCUT2D eigenvalue weighted by Crippen LogP contribution is -2.47. The van der Waals surface area contributed by atoms with Crippen LogP contribution in [0.15, 0.2) is 70.3 Å². The lowest BCUT2D eigenvalue weighted by molar-refractivity contribution is 0.103. The molecule has 2 aromatic carbocycles. The first-order valence-corrected chi connectivity index (χ1v) is 11.2. The first-order valence-electron chi connectivity index (χ1n) is 11.2. The molecule has 0 spiro atoms. The maximum absolute atomic E-state index is 12.5. The molecule has 1 saturated heterocycles. The quantitative estimate of drug-likeness (QED) is 0.508. The molecule has 33 heavy (non-hydrogen) atoms. The van der Waals surface area contributed by atoms with E-state index in [0.29, 0.717) is 23.5 Å². The van der Waals surface area contributed by atoms with E-state index in [1.807, 2.05) is 0 Å². The van der Waals surface area contributed by atoms with Crippen LogP contribution in [-0.4, -0.2) is 55.1 Å². The van der Waals surface area contributed by atoms with Gasteiger partial charge in [-0.2, -0.15) is 0 Å². The van der Waals surface area contributed by atoms with Crippen molar-refractivity contribution in [2.75, 3.05) is 26.2 Å². The van der Waals surface area contributed by atoms with Crippen molar-refractivity contribution >= 4 is 11.2 Å². The van der Waals surface area contributed by atoms with Gasteiger partial charge in [0.05, 0.1) is 12.6 Å². The largest absolute Gasteiger partial charge is 0.335 e. The number of nitrogens with zero attached hydrogens (tertiary/aromatic N) is 5. The standard InChI is InChI=1S/C25H28N6O2/c1-28-23-21(24(32)29(2)25(28)33)26-20(27-23)17-30-13-15-31(16-14-30)22(18-9-5-3-6-10-18)19-11-7-4-8-12-19/h3-12,22H,13-17H2,1-2H3,(H,26,27). The van der Waals surface area contributed by atoms with E-state index < -0.39 is 0 Å². The van der Waals surface area contributed by atoms with Crippen LogP contribution in [0, 0.1) is 0 Å². The van der Waals surface area contributed by atoms with Crippen molar-refractivity contribution < 1.29 is 0 Å². The fourth-order valence-corrected chi connectivity index (χ4v) is 4.72. The summed E-state index contributed by atoms with van der Waals surface area (Å²) >= 11 is 0. The summed E-state index contributed by atoms with van der Waals surface area (Å²) in [6.07, 6.45) is 0. The molecule has 0 unspecified atom stereocenters. The third-order valence-electron chi connectivity index (χ3n) is 6.52. The number of hydrogen-bond acceptors (Lipinski definition) is 5. The van der Waals surface area contributed by atoms with Crippen molar-refractivity contribution in [1.29, 1.82) is 0 Å². The molecule has 0 radical (unpaired) electrons. The number of nitrogens with one attached hydrogen (secondary N) is 1. The molecule has 2 aromatic heterocycles. The zero-order chi connectivity index (χ0) is 22.9. The molecule has 1 aliphatic rings. The molecular weight excluding hydrogens is 416 g/mol. The van der Waals surface area contributed by atoms with Crippen LogP contribution >= 0.6 is 0 Å². The smallest absolute Gasteiger partial charge is 0.332 e. The van der Waals surface area contributed by atoms with Gasteiger partial charge in [0.25, 0.3) is 5.56 Å². The molecule has 3 heterocycles. The van der Waals surface area contributed by atoms with Crippen LogP contribution < -0.4 is 11.2 Å². The number of hydrogen-bond donors (Lipinski definition) is 1. The molecule has 1 fully saturated rings. The van der Waals surface area contributed by atoms with Crippen LogP contribution in [0.2, 0.25) is 0 Å². The Morgan fingerprint density at radius 1 is 0.848 bits per heavy atom. The van der Waals surface area contributed by atoms with Crippen molar-refractivity contribution in [1.82, 2.24) is 28.9 Å². The predicted molar refractivity (Wildman–Crippen MR) is 128 cm³/mol. The molecule has 0 bridgehead atoms. The topological polar surface area (TPSA) is 79.2 Å². The summed E-state index contributed by atoms with van der Waals surface area (Å²) in [5.41, 5.74) is 2.67. The van der Waals surface area contributed by atoms with Gasteiger partial charge in [0, 0.05) is 40.3 Å². The van der Waals surface area contributed by atoms with Gasteiger partial charge in [-0.3, -0.25) is 23.7 Å². The summed E-state index contributed by atoms with van der Waals surface area (Å²) in [6, 6.07) is 21.5. The highest BCUT2D eigenvalue weighted by molar-refractivity contribution is 5.69. The second-order valence-corrected chi connectivity index (χ2v) is 8.62. The van der Waals surface area contributed by atoms with Gasteiger partial charge >= 0.3 is 5.69 Å². The molecule has 5 rings (SSSR count). The second-order valence-electron chi connectivity index (χ2n) is 8.62. The van der Waals surface area contributed by atoms with Crippen molar-refractivity contribution in [2.24, 2.45) is 14.1 Å². The van der Waals surface area contributed by atoms with E-state index in [2.05, 4.69) is 80.4 Å². The molecule has 0 atom stereocenters. The average molecular weight is 445 g/mol. The minimum absolute atomic E-state index is 0.221. The Kier molecular flexibility index (Phi) is 5.70. The summed E-state index contributed by atoms with van der Waals surface area (Å²) in [4.78, 5) is 37.2.